The molecule has 0 aliphatic carbocycles. The number of nitrogens with zero attached hydrogens (tertiary/aromatic N) is 4. The molecular formula is C15H14N4S. The molecule has 0 amide bonds. The molecule has 5 heteroatoms. The number of imidazole rings is 1. The number of benzene rings is 1. The summed E-state index contributed by atoms with van der Waals surface area (Å²) in [4.78, 5) is 9.89. The van der Waals surface area contributed by atoms with Crippen molar-refractivity contribution >= 4 is 22.4 Å². The van der Waals surface area contributed by atoms with Crippen molar-refractivity contribution in [3.63, 3.8) is 0 Å². The van der Waals surface area contributed by atoms with Crippen LogP contribution in [0.15, 0.2) is 29.9 Å². The van der Waals surface area contributed by atoms with E-state index in [1.807, 2.05) is 29.9 Å². The first-order valence-corrected chi connectivity index (χ1v) is 7.36. The second kappa shape index (κ2) is 5.06. The predicted octanol–water partition coefficient (Wildman–Crippen LogP) is 3.69. The molecule has 4 nitrogen and oxygen atoms in total. The van der Waals surface area contributed by atoms with Crippen LogP contribution in [0.4, 0.5) is 0 Å². The van der Waals surface area contributed by atoms with Crippen LogP contribution in [0.3, 0.4) is 0 Å². The van der Waals surface area contributed by atoms with Crippen molar-refractivity contribution in [2.75, 3.05) is 0 Å². The van der Waals surface area contributed by atoms with E-state index in [1.54, 1.807) is 11.3 Å². The highest BCUT2D eigenvalue weighted by molar-refractivity contribution is 7.13. The second-order valence-electron chi connectivity index (χ2n) is 5.12. The van der Waals surface area contributed by atoms with E-state index in [9.17, 15) is 0 Å². The van der Waals surface area contributed by atoms with Gasteiger partial charge < -0.3 is 4.57 Å². The van der Waals surface area contributed by atoms with E-state index in [2.05, 4.69) is 29.5 Å². The summed E-state index contributed by atoms with van der Waals surface area (Å²) < 4.78 is 2.22. The molecule has 0 bridgehead atoms. The molecule has 2 heterocycles. The molecule has 1 aromatic carbocycles. The monoisotopic (exact) mass is 282 g/mol. The largest absolute Gasteiger partial charge is 0.323 e. The van der Waals surface area contributed by atoms with Gasteiger partial charge in [0.1, 0.15) is 0 Å². The average molecular weight is 282 g/mol. The Hall–Kier alpha value is -2.19. The number of fused-ring (bicyclic) bond motifs is 1. The lowest BCUT2D eigenvalue weighted by atomic mass is 10.2. The third kappa shape index (κ3) is 2.19. The highest BCUT2D eigenvalue weighted by Gasteiger charge is 2.15. The fraction of sp³-hybridized carbons (Fsp3) is 0.267. The van der Waals surface area contributed by atoms with E-state index in [4.69, 9.17) is 10.2 Å². The summed E-state index contributed by atoms with van der Waals surface area (Å²) in [5, 5.41) is 9.01. The van der Waals surface area contributed by atoms with E-state index < -0.39 is 0 Å². The van der Waals surface area contributed by atoms with E-state index in [1.165, 1.54) is 0 Å². The third-order valence-electron chi connectivity index (χ3n) is 3.08. The van der Waals surface area contributed by atoms with Gasteiger partial charge in [0.2, 0.25) is 0 Å². The zero-order chi connectivity index (χ0) is 14.1. The molecule has 3 rings (SSSR count). The molecule has 100 valence electrons. The average Bonchev–Trinajstić information content (AvgIpc) is 3.05. The summed E-state index contributed by atoms with van der Waals surface area (Å²) in [7, 11) is 0. The van der Waals surface area contributed by atoms with Gasteiger partial charge in [-0.1, -0.05) is 13.8 Å². The van der Waals surface area contributed by atoms with Gasteiger partial charge in [-0.2, -0.15) is 5.26 Å². The van der Waals surface area contributed by atoms with Crippen LogP contribution in [0, 0.1) is 17.2 Å². The molecule has 0 radical (unpaired) electrons. The van der Waals surface area contributed by atoms with Crippen molar-refractivity contribution < 1.29 is 0 Å². The highest BCUT2D eigenvalue weighted by atomic mass is 32.1. The lowest BCUT2D eigenvalue weighted by Crippen LogP contribution is -2.05. The van der Waals surface area contributed by atoms with Crippen LogP contribution in [-0.2, 0) is 6.54 Å². The van der Waals surface area contributed by atoms with E-state index in [0.29, 0.717) is 11.5 Å². The van der Waals surface area contributed by atoms with Gasteiger partial charge >= 0.3 is 0 Å². The molecule has 20 heavy (non-hydrogen) atoms. The molecule has 0 atom stereocenters. The van der Waals surface area contributed by atoms with Crippen LogP contribution in [-0.4, -0.2) is 14.5 Å². The van der Waals surface area contributed by atoms with E-state index in [0.717, 1.165) is 28.3 Å². The second-order valence-corrected chi connectivity index (χ2v) is 6.01. The molecule has 3 aromatic rings. The van der Waals surface area contributed by atoms with Gasteiger partial charge in [0, 0.05) is 12.7 Å². The number of rotatable bonds is 3. The Kier molecular flexibility index (Phi) is 3.25. The zero-order valence-electron chi connectivity index (χ0n) is 11.4. The molecule has 0 spiro atoms. The van der Waals surface area contributed by atoms with Crippen molar-refractivity contribution in [2.45, 2.75) is 20.4 Å². The minimum atomic E-state index is 0.523. The maximum absolute atomic E-state index is 9.01. The number of nitriles is 1. The quantitative estimate of drug-likeness (QED) is 0.736. The number of hydrogen-bond acceptors (Lipinski definition) is 4. The molecule has 0 saturated carbocycles. The Morgan fingerprint density at radius 3 is 2.90 bits per heavy atom. The van der Waals surface area contributed by atoms with Gasteiger partial charge in [-0.25, -0.2) is 4.98 Å². The molecule has 0 unspecified atom stereocenters. The number of hydrogen-bond donors (Lipinski definition) is 0. The molecule has 0 N–H and O–H groups in total. The van der Waals surface area contributed by atoms with Gasteiger partial charge in [0.25, 0.3) is 0 Å². The van der Waals surface area contributed by atoms with Crippen LogP contribution in [0.5, 0.6) is 0 Å². The maximum atomic E-state index is 9.01. The normalized spacial score (nSPS) is 11.1. The Bertz CT molecular complexity index is 778. The zero-order valence-corrected chi connectivity index (χ0v) is 12.2. The molecular weight excluding hydrogens is 268 g/mol. The number of aromatic nitrogens is 3. The minimum Gasteiger partial charge on any atom is -0.323 e. The fourth-order valence-electron chi connectivity index (χ4n) is 2.26. The van der Waals surface area contributed by atoms with Crippen molar-refractivity contribution in [1.29, 1.82) is 5.26 Å². The lowest BCUT2D eigenvalue weighted by Gasteiger charge is -2.10. The topological polar surface area (TPSA) is 54.5 Å². The Labute approximate surface area is 121 Å². The summed E-state index contributed by atoms with van der Waals surface area (Å²) in [6, 6.07) is 7.83. The Balaban J connectivity index is 2.24. The summed E-state index contributed by atoms with van der Waals surface area (Å²) in [6.07, 6.45) is 1.84. The SMILES string of the molecule is CC(C)Cn1c(-c2cncs2)nc2cc(C#N)ccc21. The standard InChI is InChI=1S/C15H14N4S/c1-10(2)8-19-13-4-3-11(6-16)5-12(13)18-15(19)14-7-17-9-20-14/h3-5,7,9-10H,8H2,1-2H3. The lowest BCUT2D eigenvalue weighted by molar-refractivity contribution is 0.537. The van der Waals surface area contributed by atoms with Crippen molar-refractivity contribution in [2.24, 2.45) is 5.92 Å². The van der Waals surface area contributed by atoms with Gasteiger partial charge in [0.05, 0.1) is 33.1 Å². The number of thiazole rings is 1. The first kappa shape index (κ1) is 12.8. The summed E-state index contributed by atoms with van der Waals surface area (Å²) in [5.41, 5.74) is 4.39. The van der Waals surface area contributed by atoms with Crippen LogP contribution >= 0.6 is 11.3 Å². The predicted molar refractivity (Wildman–Crippen MR) is 80.4 cm³/mol. The fourth-order valence-corrected chi connectivity index (χ4v) is 2.88. The van der Waals surface area contributed by atoms with Gasteiger partial charge in [-0.3, -0.25) is 4.98 Å². The summed E-state index contributed by atoms with van der Waals surface area (Å²) >= 11 is 1.58. The van der Waals surface area contributed by atoms with Crippen molar-refractivity contribution in [1.82, 2.24) is 14.5 Å². The molecule has 0 fully saturated rings. The van der Waals surface area contributed by atoms with Crippen molar-refractivity contribution in [3.05, 3.63) is 35.5 Å². The van der Waals surface area contributed by atoms with Crippen molar-refractivity contribution in [3.8, 4) is 16.8 Å². The maximum Gasteiger partial charge on any atom is 0.152 e. The highest BCUT2D eigenvalue weighted by Crippen LogP contribution is 2.28. The molecule has 0 saturated heterocycles. The first-order valence-electron chi connectivity index (χ1n) is 6.48. The van der Waals surface area contributed by atoms with Gasteiger partial charge in [0.15, 0.2) is 5.82 Å². The van der Waals surface area contributed by atoms with Gasteiger partial charge in [-0.05, 0) is 24.1 Å². The van der Waals surface area contributed by atoms with E-state index >= 15 is 0 Å². The van der Waals surface area contributed by atoms with Crippen LogP contribution in [0.1, 0.15) is 19.4 Å². The smallest absolute Gasteiger partial charge is 0.152 e. The Morgan fingerprint density at radius 2 is 2.25 bits per heavy atom. The molecule has 0 aliphatic rings. The first-order chi connectivity index (χ1) is 9.69. The van der Waals surface area contributed by atoms with Crippen LogP contribution < -0.4 is 0 Å². The molecule has 0 aliphatic heterocycles. The summed E-state index contributed by atoms with van der Waals surface area (Å²) in [5.74, 6) is 1.46. The minimum absolute atomic E-state index is 0.523. The van der Waals surface area contributed by atoms with Crippen LogP contribution in [0.25, 0.3) is 21.7 Å². The van der Waals surface area contributed by atoms with E-state index in [-0.39, 0.29) is 0 Å². The van der Waals surface area contributed by atoms with Crippen LogP contribution in [0.2, 0.25) is 0 Å². The van der Waals surface area contributed by atoms with Gasteiger partial charge in [-0.15, -0.1) is 11.3 Å². The Morgan fingerprint density at radius 1 is 1.40 bits per heavy atom. The summed E-state index contributed by atoms with van der Waals surface area (Å²) in [6.45, 7) is 5.27. The third-order valence-corrected chi connectivity index (χ3v) is 3.85. The molecule has 2 aromatic heterocycles.